The number of esters is 1. The molecule has 6 heteroatoms. The number of thiocarbonyl (C=S) groups is 1. The molecule has 0 fully saturated rings. The zero-order valence-electron chi connectivity index (χ0n) is 9.54. The van der Waals surface area contributed by atoms with Gasteiger partial charge in [0.1, 0.15) is 5.00 Å². The summed E-state index contributed by atoms with van der Waals surface area (Å²) in [6.07, 6.45) is 3.05. The van der Waals surface area contributed by atoms with E-state index in [9.17, 15) is 4.79 Å². The zero-order valence-corrected chi connectivity index (χ0v) is 11.2. The van der Waals surface area contributed by atoms with Gasteiger partial charge in [-0.25, -0.2) is 4.79 Å². The van der Waals surface area contributed by atoms with E-state index in [0.717, 1.165) is 29.8 Å². The van der Waals surface area contributed by atoms with Crippen molar-refractivity contribution in [2.75, 3.05) is 11.9 Å². The summed E-state index contributed by atoms with van der Waals surface area (Å²) in [6.45, 7) is 2.17. The first-order valence-electron chi connectivity index (χ1n) is 5.51. The lowest BCUT2D eigenvalue weighted by Gasteiger charge is -2.06. The number of nitrogens with two attached hydrogens (primary N) is 1. The van der Waals surface area contributed by atoms with E-state index in [1.165, 1.54) is 4.88 Å². The number of fused-ring (bicyclic) bond motifs is 1. The molecule has 1 aromatic heterocycles. The first-order valence-corrected chi connectivity index (χ1v) is 6.74. The van der Waals surface area contributed by atoms with Gasteiger partial charge in [-0.3, -0.25) is 0 Å². The van der Waals surface area contributed by atoms with Gasteiger partial charge in [0.15, 0.2) is 5.11 Å². The number of carbonyl (C=O) groups is 1. The second-order valence-corrected chi connectivity index (χ2v) is 5.32. The van der Waals surface area contributed by atoms with Crippen LogP contribution in [-0.2, 0) is 17.6 Å². The zero-order chi connectivity index (χ0) is 12.4. The SMILES string of the molecule is CCOC(=O)c1c(NC(N)=S)sc2c1CCC2. The minimum absolute atomic E-state index is 0.176. The average Bonchev–Trinajstić information content (AvgIpc) is 2.76. The molecule has 4 nitrogen and oxygen atoms in total. The standard InChI is InChI=1S/C11H14N2O2S2/c1-2-15-10(14)8-6-4-3-5-7(6)17-9(8)13-11(12)16/h2-5H2,1H3,(H3,12,13,16). The summed E-state index contributed by atoms with van der Waals surface area (Å²) in [7, 11) is 0. The van der Waals surface area contributed by atoms with Crippen LogP contribution in [0.15, 0.2) is 0 Å². The van der Waals surface area contributed by atoms with E-state index in [4.69, 9.17) is 22.7 Å². The summed E-state index contributed by atoms with van der Waals surface area (Å²) >= 11 is 6.37. The molecule has 0 spiro atoms. The first-order chi connectivity index (χ1) is 8.13. The Morgan fingerprint density at radius 1 is 1.59 bits per heavy atom. The highest BCUT2D eigenvalue weighted by Crippen LogP contribution is 2.39. The molecule has 3 N–H and O–H groups in total. The molecule has 1 aliphatic rings. The van der Waals surface area contributed by atoms with Crippen molar-refractivity contribution in [2.45, 2.75) is 26.2 Å². The van der Waals surface area contributed by atoms with Crippen LogP contribution < -0.4 is 11.1 Å². The summed E-state index contributed by atoms with van der Waals surface area (Å²) < 4.78 is 5.08. The van der Waals surface area contributed by atoms with E-state index >= 15 is 0 Å². The lowest BCUT2D eigenvalue weighted by molar-refractivity contribution is 0.0527. The molecule has 1 heterocycles. The minimum atomic E-state index is -0.286. The Morgan fingerprint density at radius 3 is 3.00 bits per heavy atom. The second-order valence-electron chi connectivity index (χ2n) is 3.77. The molecule has 0 unspecified atom stereocenters. The fraction of sp³-hybridized carbons (Fsp3) is 0.455. The van der Waals surface area contributed by atoms with Gasteiger partial charge in [0.25, 0.3) is 0 Å². The van der Waals surface area contributed by atoms with Crippen molar-refractivity contribution in [3.63, 3.8) is 0 Å². The van der Waals surface area contributed by atoms with Crippen LogP contribution in [0, 0.1) is 0 Å². The third kappa shape index (κ3) is 2.42. The number of anilines is 1. The molecule has 17 heavy (non-hydrogen) atoms. The number of nitrogens with one attached hydrogen (secondary N) is 1. The normalized spacial score (nSPS) is 13.2. The van der Waals surface area contributed by atoms with Crippen LogP contribution in [-0.4, -0.2) is 17.7 Å². The molecule has 0 atom stereocenters. The fourth-order valence-corrected chi connectivity index (χ4v) is 3.48. The van der Waals surface area contributed by atoms with Gasteiger partial charge in [-0.1, -0.05) is 0 Å². The molecule has 0 radical (unpaired) electrons. The van der Waals surface area contributed by atoms with Crippen molar-refractivity contribution in [1.82, 2.24) is 0 Å². The van der Waals surface area contributed by atoms with Gasteiger partial charge in [-0.2, -0.15) is 0 Å². The third-order valence-electron chi connectivity index (χ3n) is 2.64. The Kier molecular flexibility index (Phi) is 3.63. The highest BCUT2D eigenvalue weighted by Gasteiger charge is 2.27. The second kappa shape index (κ2) is 5.01. The molecule has 0 saturated heterocycles. The van der Waals surface area contributed by atoms with Crippen LogP contribution in [0.5, 0.6) is 0 Å². The summed E-state index contributed by atoms with van der Waals surface area (Å²) in [5.74, 6) is -0.286. The Morgan fingerprint density at radius 2 is 2.35 bits per heavy atom. The number of hydrogen-bond acceptors (Lipinski definition) is 4. The van der Waals surface area contributed by atoms with Crippen LogP contribution >= 0.6 is 23.6 Å². The van der Waals surface area contributed by atoms with E-state index in [1.807, 2.05) is 0 Å². The number of carbonyl (C=O) groups excluding carboxylic acids is 1. The Balaban J connectivity index is 2.38. The van der Waals surface area contributed by atoms with Crippen LogP contribution in [0.25, 0.3) is 0 Å². The van der Waals surface area contributed by atoms with Gasteiger partial charge in [-0.05, 0) is 44.0 Å². The summed E-state index contributed by atoms with van der Waals surface area (Å²) in [5.41, 5.74) is 7.19. The largest absolute Gasteiger partial charge is 0.462 e. The smallest absolute Gasteiger partial charge is 0.341 e. The van der Waals surface area contributed by atoms with Gasteiger partial charge in [0, 0.05) is 4.88 Å². The monoisotopic (exact) mass is 270 g/mol. The molecule has 0 aliphatic heterocycles. The number of thiophene rings is 1. The Hall–Kier alpha value is -1.14. The molecular formula is C11H14N2O2S2. The summed E-state index contributed by atoms with van der Waals surface area (Å²) in [5, 5.41) is 3.77. The van der Waals surface area contributed by atoms with Crippen LogP contribution in [0.3, 0.4) is 0 Å². The lowest BCUT2D eigenvalue weighted by atomic mass is 10.1. The van der Waals surface area contributed by atoms with Crippen molar-refractivity contribution in [2.24, 2.45) is 5.73 Å². The van der Waals surface area contributed by atoms with E-state index in [0.29, 0.717) is 12.2 Å². The van der Waals surface area contributed by atoms with E-state index in [-0.39, 0.29) is 11.1 Å². The van der Waals surface area contributed by atoms with Crippen molar-refractivity contribution in [1.29, 1.82) is 0 Å². The molecule has 92 valence electrons. The first kappa shape index (κ1) is 12.3. The molecule has 1 aliphatic carbocycles. The van der Waals surface area contributed by atoms with Gasteiger partial charge in [-0.15, -0.1) is 11.3 Å². The molecule has 0 bridgehead atoms. The molecule has 0 aromatic carbocycles. The molecule has 0 saturated carbocycles. The lowest BCUT2D eigenvalue weighted by Crippen LogP contribution is -2.20. The van der Waals surface area contributed by atoms with Crippen molar-refractivity contribution in [3.05, 3.63) is 16.0 Å². The molecule has 2 rings (SSSR count). The summed E-state index contributed by atoms with van der Waals surface area (Å²) in [6, 6.07) is 0. The minimum Gasteiger partial charge on any atom is -0.462 e. The number of rotatable bonds is 3. The maximum atomic E-state index is 11.9. The van der Waals surface area contributed by atoms with Crippen LogP contribution in [0.1, 0.15) is 34.1 Å². The number of ether oxygens (including phenoxy) is 1. The molecule has 0 amide bonds. The molecule has 1 aromatic rings. The maximum Gasteiger partial charge on any atom is 0.341 e. The maximum absolute atomic E-state index is 11.9. The van der Waals surface area contributed by atoms with Crippen molar-refractivity contribution >= 4 is 39.6 Å². The summed E-state index contributed by atoms with van der Waals surface area (Å²) in [4.78, 5) is 13.2. The predicted octanol–water partition coefficient (Wildman–Crippen LogP) is 2.07. The highest BCUT2D eigenvalue weighted by atomic mass is 32.1. The Bertz CT molecular complexity index is 468. The van der Waals surface area contributed by atoms with E-state index < -0.39 is 0 Å². The Labute approximate surface area is 109 Å². The van der Waals surface area contributed by atoms with Gasteiger partial charge in [0.2, 0.25) is 0 Å². The van der Waals surface area contributed by atoms with Crippen LogP contribution in [0.2, 0.25) is 0 Å². The molecular weight excluding hydrogens is 256 g/mol. The van der Waals surface area contributed by atoms with Gasteiger partial charge < -0.3 is 15.8 Å². The number of hydrogen-bond donors (Lipinski definition) is 2. The van der Waals surface area contributed by atoms with E-state index in [1.54, 1.807) is 18.3 Å². The predicted molar refractivity (Wildman–Crippen MR) is 72.7 cm³/mol. The van der Waals surface area contributed by atoms with Gasteiger partial charge in [0.05, 0.1) is 12.2 Å². The number of aryl methyl sites for hydroxylation is 1. The fourth-order valence-electron chi connectivity index (χ4n) is 2.02. The van der Waals surface area contributed by atoms with Gasteiger partial charge >= 0.3 is 5.97 Å². The van der Waals surface area contributed by atoms with Crippen molar-refractivity contribution in [3.8, 4) is 0 Å². The van der Waals surface area contributed by atoms with E-state index in [2.05, 4.69) is 5.32 Å². The third-order valence-corrected chi connectivity index (χ3v) is 3.95. The van der Waals surface area contributed by atoms with Crippen LogP contribution in [0.4, 0.5) is 5.00 Å². The highest BCUT2D eigenvalue weighted by molar-refractivity contribution is 7.80. The topological polar surface area (TPSA) is 64.3 Å². The van der Waals surface area contributed by atoms with Crippen molar-refractivity contribution < 1.29 is 9.53 Å². The average molecular weight is 270 g/mol. The quantitative estimate of drug-likeness (QED) is 0.650.